The number of β-amino-alcohol motifs (C(OH)–C–C–N with tert-alkyl or cyclic N) is 2. The molecule has 0 saturated carbocycles. The Bertz CT molecular complexity index is 3590. The van der Waals surface area contributed by atoms with E-state index in [9.17, 15) is 106 Å². The molecule has 44 heteroatoms. The van der Waals surface area contributed by atoms with Crippen molar-refractivity contribution in [3.05, 3.63) is 228 Å². The minimum Gasteiger partial charge on any atom is -0.389 e. The smallest absolute Gasteiger partial charge is 0.389 e. The van der Waals surface area contributed by atoms with E-state index in [2.05, 4.69) is 118 Å². The molecule has 3 amide bonds. The normalized spacial score (nSPS) is 12.8. The number of ether oxygens (including phenoxy) is 20. The van der Waals surface area contributed by atoms with Crippen molar-refractivity contribution < 1.29 is 201 Å². The molecule has 1 aliphatic rings. The van der Waals surface area contributed by atoms with Gasteiger partial charge < -0.3 is 110 Å². The Hall–Kier alpha value is -15.4. The summed E-state index contributed by atoms with van der Waals surface area (Å²) in [6.07, 6.45) is -3.45. The molecule has 0 spiro atoms. The average molecular weight is 1680 g/mol. The van der Waals surface area contributed by atoms with Crippen LogP contribution in [-0.2, 0) is 186 Å². The molecule has 0 aliphatic carbocycles. The minimum atomic E-state index is -5.01. The molecule has 2 atom stereocenters. The molecule has 1 heterocycles. The van der Waals surface area contributed by atoms with E-state index >= 15 is 0 Å². The number of amides is 3. The van der Waals surface area contributed by atoms with Crippen molar-refractivity contribution in [2.45, 2.75) is 67.4 Å². The van der Waals surface area contributed by atoms with Crippen molar-refractivity contribution in [2.24, 2.45) is 10.8 Å². The standard InChI is InChI=1S/C75H76N2O42/c1-21-47(80)102-70(103-48(81)22-2,104-49(82)23-3)68(71(105-50(83)24-4,106-51(84)25-5)107-52(85)26-6,72(108-53(86)27-7,109-54(87)28-8)110-55(88)29-9)43-100-41-45(78)39-76-65(98)67(19,20)77(66(76)99)40-46(79)42-101-44-69(73(111-56(89)30-10,112-57(90)31-11)113-58(91)32-12,74(114-59(92)33-13,115-60(93)34-14)116-61(94)35-15)75(117-62(95)36-16,118-63(96)37-17)119-64(97)38-18/h21-38,45-46,78-79H,1-18,39-44H2,19-20H3. The summed E-state index contributed by atoms with van der Waals surface area (Å²) in [5, 5.41) is 24.2. The second kappa shape index (κ2) is 44.3. The lowest BCUT2D eigenvalue weighted by Crippen LogP contribution is -2.81. The first-order valence-corrected chi connectivity index (χ1v) is 32.3. The predicted molar refractivity (Wildman–Crippen MR) is 386 cm³/mol. The third kappa shape index (κ3) is 23.4. The maximum Gasteiger partial charge on any atom is 0.457 e. The first kappa shape index (κ1) is 102. The summed E-state index contributed by atoms with van der Waals surface area (Å²) in [7, 11) is 0. The van der Waals surface area contributed by atoms with Crippen LogP contribution in [0.5, 0.6) is 0 Å². The summed E-state index contributed by atoms with van der Waals surface area (Å²) in [5.41, 5.74) is -12.4. The molecule has 1 saturated heterocycles. The van der Waals surface area contributed by atoms with Crippen LogP contribution in [0.4, 0.5) is 4.79 Å². The van der Waals surface area contributed by atoms with Crippen molar-refractivity contribution in [3.8, 4) is 0 Å². The van der Waals surface area contributed by atoms with Gasteiger partial charge in [0, 0.05) is 109 Å². The molecule has 44 nitrogen and oxygen atoms in total. The van der Waals surface area contributed by atoms with Crippen LogP contribution in [0.2, 0.25) is 0 Å². The van der Waals surface area contributed by atoms with Gasteiger partial charge in [-0.25, -0.2) is 91.1 Å². The van der Waals surface area contributed by atoms with Crippen LogP contribution in [0.25, 0.3) is 0 Å². The largest absolute Gasteiger partial charge is 0.457 e. The van der Waals surface area contributed by atoms with Gasteiger partial charge in [-0.2, -0.15) is 0 Å². The number of carbonyl (C=O) groups is 20. The maximum absolute atomic E-state index is 14.9. The Kier molecular flexibility index (Phi) is 37.8. The van der Waals surface area contributed by atoms with Crippen LogP contribution in [0, 0.1) is 10.8 Å². The lowest BCUT2D eigenvalue weighted by atomic mass is 9.77. The average Bonchev–Trinajstić information content (AvgIpc) is 0.958. The molecular weight excluding hydrogens is 1600 g/mol. The summed E-state index contributed by atoms with van der Waals surface area (Å²) in [5.74, 6) is -69.8. The van der Waals surface area contributed by atoms with E-state index in [-0.39, 0.29) is 114 Å². The fraction of sp³-hybridized carbons (Fsp3) is 0.253. The van der Waals surface area contributed by atoms with Crippen LogP contribution in [0.1, 0.15) is 13.8 Å². The molecule has 1 aliphatic heterocycles. The van der Waals surface area contributed by atoms with Gasteiger partial charge in [0.25, 0.3) is 5.91 Å². The first-order valence-electron chi connectivity index (χ1n) is 32.3. The Balaban J connectivity index is 5.22. The molecule has 0 aromatic rings. The zero-order chi connectivity index (χ0) is 91.5. The summed E-state index contributed by atoms with van der Waals surface area (Å²) >= 11 is 0. The van der Waals surface area contributed by atoms with Crippen LogP contribution in [-0.4, -0.2) is 233 Å². The monoisotopic (exact) mass is 1680 g/mol. The number of aliphatic hydroxyl groups is 2. The van der Waals surface area contributed by atoms with Gasteiger partial charge in [-0.3, -0.25) is 9.69 Å². The second-order valence-electron chi connectivity index (χ2n) is 22.1. The van der Waals surface area contributed by atoms with Crippen molar-refractivity contribution >= 4 is 119 Å². The fourth-order valence-corrected chi connectivity index (χ4v) is 9.34. The lowest BCUT2D eigenvalue weighted by Gasteiger charge is -2.54. The third-order valence-electron chi connectivity index (χ3n) is 14.3. The molecule has 1 rings (SSSR count). The number of esters is 18. The summed E-state index contributed by atoms with van der Waals surface area (Å²) < 4.78 is 109. The number of hydrogen-bond acceptors (Lipinski definition) is 42. The maximum atomic E-state index is 14.9. The van der Waals surface area contributed by atoms with Gasteiger partial charge in [-0.15, -0.1) is 0 Å². The topological polar surface area (TPSA) is 573 Å². The number of aliphatic hydroxyl groups excluding tert-OH is 2. The Labute approximate surface area is 673 Å². The van der Waals surface area contributed by atoms with Crippen molar-refractivity contribution in [1.29, 1.82) is 0 Å². The van der Waals surface area contributed by atoms with E-state index in [1.165, 1.54) is 0 Å². The highest BCUT2D eigenvalue weighted by Gasteiger charge is 2.95. The first-order chi connectivity index (χ1) is 55.7. The van der Waals surface area contributed by atoms with Gasteiger partial charge in [-0.05, 0) is 13.8 Å². The quantitative estimate of drug-likeness (QED) is 0.0280. The van der Waals surface area contributed by atoms with E-state index in [4.69, 9.17) is 94.7 Å². The van der Waals surface area contributed by atoms with Gasteiger partial charge in [0.1, 0.15) is 5.54 Å². The summed E-state index contributed by atoms with van der Waals surface area (Å²) in [6, 6.07) is -1.65. The molecule has 0 bridgehead atoms. The Morgan fingerprint density at radius 2 is 0.412 bits per heavy atom. The molecular formula is C75H76N2O42. The van der Waals surface area contributed by atoms with E-state index in [1.807, 2.05) is 0 Å². The highest BCUT2D eigenvalue weighted by Crippen LogP contribution is 2.61. The van der Waals surface area contributed by atoms with Gasteiger partial charge in [0.05, 0.1) is 51.7 Å². The highest BCUT2D eigenvalue weighted by atomic mass is 17.0. The van der Waals surface area contributed by atoms with Crippen molar-refractivity contribution in [2.75, 3.05) is 39.5 Å². The molecule has 119 heavy (non-hydrogen) atoms. The van der Waals surface area contributed by atoms with Crippen LogP contribution >= 0.6 is 0 Å². The Morgan fingerprint density at radius 1 is 0.277 bits per heavy atom. The molecule has 638 valence electrons. The van der Waals surface area contributed by atoms with Gasteiger partial charge in [0.2, 0.25) is 0 Å². The summed E-state index contributed by atoms with van der Waals surface area (Å²) in [6.45, 7) is 47.3. The van der Waals surface area contributed by atoms with Crippen LogP contribution < -0.4 is 0 Å². The Morgan fingerprint density at radius 3 is 0.546 bits per heavy atom. The molecule has 0 radical (unpaired) electrons. The van der Waals surface area contributed by atoms with Gasteiger partial charge >= 0.3 is 160 Å². The molecule has 2 unspecified atom stereocenters. The van der Waals surface area contributed by atoms with Crippen LogP contribution in [0.3, 0.4) is 0 Å². The van der Waals surface area contributed by atoms with Crippen LogP contribution in [0.15, 0.2) is 228 Å². The van der Waals surface area contributed by atoms with Crippen molar-refractivity contribution in [3.63, 3.8) is 0 Å². The number of urea groups is 1. The minimum absolute atomic E-state index is 0.0951. The number of imide groups is 1. The van der Waals surface area contributed by atoms with E-state index in [1.54, 1.807) is 0 Å². The van der Waals surface area contributed by atoms with E-state index in [0.717, 1.165) is 13.8 Å². The third-order valence-corrected chi connectivity index (χ3v) is 14.3. The second-order valence-corrected chi connectivity index (χ2v) is 22.1. The van der Waals surface area contributed by atoms with Gasteiger partial charge in [0.15, 0.2) is 0 Å². The van der Waals surface area contributed by atoms with E-state index in [0.29, 0.717) is 4.90 Å². The zero-order valence-electron chi connectivity index (χ0n) is 63.1. The fourth-order valence-electron chi connectivity index (χ4n) is 9.34. The lowest BCUT2D eigenvalue weighted by molar-refractivity contribution is -0.552. The SMILES string of the molecule is C=CC(=O)OC(OC(=O)C=C)(OC(=O)C=C)C(COCC(O)CN1C(=O)N(CC(O)COCC(C(OC(=O)C=C)(OC(=O)C=C)OC(=O)C=C)(C(OC(=O)C=C)(OC(=O)C=C)OC(=O)C=C)C(OC(=O)C=C)(OC(=O)C=C)OC(=O)C=C)C(C)(C)C1=O)(C(OC(=O)C=C)(OC(=O)C=C)OC(=O)C=C)C(OC(=O)C=C)(OC(=O)C=C)OC(=O)C=C. The molecule has 1 fully saturated rings. The molecule has 2 N–H and O–H groups in total. The highest BCUT2D eigenvalue weighted by molar-refractivity contribution is 6.06. The number of hydrogen-bond donors (Lipinski definition) is 2. The predicted octanol–water partition coefficient (Wildman–Crippen LogP) is 0.805. The number of carbonyl (C=O) groups excluding carboxylic acids is 20. The number of rotatable bonds is 54. The number of nitrogens with zero attached hydrogens (tertiary/aromatic N) is 2. The molecule has 0 aromatic carbocycles. The zero-order valence-corrected chi connectivity index (χ0v) is 63.1. The van der Waals surface area contributed by atoms with Gasteiger partial charge in [-0.1, -0.05) is 118 Å². The summed E-state index contributed by atoms with van der Waals surface area (Å²) in [4.78, 5) is 283. The van der Waals surface area contributed by atoms with E-state index < -0.39 is 223 Å². The molecule has 0 aromatic heterocycles. The van der Waals surface area contributed by atoms with Crippen molar-refractivity contribution in [1.82, 2.24) is 9.80 Å².